The minimum absolute atomic E-state index is 0.00938. The molecule has 0 spiro atoms. The molecule has 0 saturated carbocycles. The van der Waals surface area contributed by atoms with Gasteiger partial charge in [-0.1, -0.05) is 48.6 Å². The average molecular weight is 382 g/mol. The number of hydrogen-bond donors (Lipinski definition) is 1. The molecular weight excluding hydrogens is 367 g/mol. The molecule has 0 unspecified atom stereocenters. The molecule has 0 aliphatic carbocycles. The zero-order valence-electron chi connectivity index (χ0n) is 14.0. The van der Waals surface area contributed by atoms with Gasteiger partial charge in [0.25, 0.3) is 0 Å². The molecule has 1 N–H and O–H groups in total. The van der Waals surface area contributed by atoms with E-state index in [2.05, 4.69) is 0 Å². The molecule has 6 heteroatoms. The summed E-state index contributed by atoms with van der Waals surface area (Å²) in [5.74, 6) is -1.61. The predicted molar refractivity (Wildman–Crippen MR) is 101 cm³/mol. The van der Waals surface area contributed by atoms with Crippen LogP contribution in [0.2, 0.25) is 0 Å². The SMILES string of the molecule is O=C(O)c1ccccc1S(=O)(=O)c1ccc(C=Cc2ccc(F)cc2)cc1. The van der Waals surface area contributed by atoms with Crippen LogP contribution in [0, 0.1) is 5.82 Å². The normalized spacial score (nSPS) is 11.6. The molecule has 0 radical (unpaired) electrons. The molecule has 0 aliphatic rings. The summed E-state index contributed by atoms with van der Waals surface area (Å²) in [4.78, 5) is 11.1. The smallest absolute Gasteiger partial charge is 0.337 e. The predicted octanol–water partition coefficient (Wildman–Crippen LogP) is 4.53. The van der Waals surface area contributed by atoms with Gasteiger partial charge in [-0.3, -0.25) is 0 Å². The molecule has 4 nitrogen and oxygen atoms in total. The Kier molecular flexibility index (Phi) is 5.19. The Morgan fingerprint density at radius 3 is 1.89 bits per heavy atom. The third-order valence-electron chi connectivity index (χ3n) is 3.94. The van der Waals surface area contributed by atoms with Gasteiger partial charge in [0.2, 0.25) is 9.84 Å². The van der Waals surface area contributed by atoms with Crippen LogP contribution in [0.15, 0.2) is 82.6 Å². The van der Waals surface area contributed by atoms with E-state index >= 15 is 0 Å². The number of hydrogen-bond acceptors (Lipinski definition) is 3. The lowest BCUT2D eigenvalue weighted by Gasteiger charge is -2.08. The number of halogens is 1. The monoisotopic (exact) mass is 382 g/mol. The van der Waals surface area contributed by atoms with Gasteiger partial charge in [-0.25, -0.2) is 17.6 Å². The Bertz CT molecular complexity index is 1100. The standard InChI is InChI=1S/C21H15FO4S/c22-17-11-7-15(8-12-17)5-6-16-9-13-18(14-10-16)27(25,26)20-4-2-1-3-19(20)21(23)24/h1-14H,(H,23,24). The summed E-state index contributed by atoms with van der Waals surface area (Å²) < 4.78 is 38.4. The van der Waals surface area contributed by atoms with E-state index in [9.17, 15) is 22.7 Å². The van der Waals surface area contributed by atoms with Gasteiger partial charge in [0.1, 0.15) is 5.82 Å². The summed E-state index contributed by atoms with van der Waals surface area (Å²) >= 11 is 0. The molecule has 0 atom stereocenters. The van der Waals surface area contributed by atoms with E-state index in [4.69, 9.17) is 0 Å². The Balaban J connectivity index is 1.89. The van der Waals surface area contributed by atoms with Crippen molar-refractivity contribution in [3.05, 3.63) is 95.3 Å². The molecule has 0 fully saturated rings. The first kappa shape index (κ1) is 18.5. The lowest BCUT2D eigenvalue weighted by Crippen LogP contribution is -2.09. The van der Waals surface area contributed by atoms with Gasteiger partial charge >= 0.3 is 5.97 Å². The second-order valence-electron chi connectivity index (χ2n) is 5.76. The molecule has 0 amide bonds. The Morgan fingerprint density at radius 2 is 1.33 bits per heavy atom. The summed E-state index contributed by atoms with van der Waals surface area (Å²) in [5.41, 5.74) is 1.30. The first-order valence-corrected chi connectivity index (χ1v) is 9.47. The molecule has 0 aromatic heterocycles. The van der Waals surface area contributed by atoms with Crippen LogP contribution in [0.25, 0.3) is 12.2 Å². The van der Waals surface area contributed by atoms with E-state index < -0.39 is 15.8 Å². The van der Waals surface area contributed by atoms with Crippen molar-refractivity contribution in [3.63, 3.8) is 0 Å². The number of carbonyl (C=O) groups is 1. The van der Waals surface area contributed by atoms with E-state index in [1.165, 1.54) is 48.5 Å². The maximum absolute atomic E-state index is 12.9. The quantitative estimate of drug-likeness (QED) is 0.658. The van der Waals surface area contributed by atoms with Crippen LogP contribution in [-0.4, -0.2) is 19.5 Å². The first-order valence-electron chi connectivity index (χ1n) is 7.99. The highest BCUT2D eigenvalue weighted by Gasteiger charge is 2.23. The highest BCUT2D eigenvalue weighted by atomic mass is 32.2. The van der Waals surface area contributed by atoms with Gasteiger partial charge in [-0.2, -0.15) is 0 Å². The van der Waals surface area contributed by atoms with Gasteiger partial charge in [0, 0.05) is 0 Å². The number of sulfone groups is 1. The zero-order chi connectivity index (χ0) is 19.4. The molecular formula is C21H15FO4S. The van der Waals surface area contributed by atoms with Crippen LogP contribution in [-0.2, 0) is 9.84 Å². The van der Waals surface area contributed by atoms with Gasteiger partial charge in [-0.15, -0.1) is 0 Å². The van der Waals surface area contributed by atoms with Crippen molar-refractivity contribution in [2.75, 3.05) is 0 Å². The van der Waals surface area contributed by atoms with Crippen LogP contribution < -0.4 is 0 Å². The van der Waals surface area contributed by atoms with E-state index in [0.717, 1.165) is 11.1 Å². The van der Waals surface area contributed by atoms with E-state index in [-0.39, 0.29) is 21.2 Å². The van der Waals surface area contributed by atoms with Crippen LogP contribution in [0.5, 0.6) is 0 Å². The second kappa shape index (κ2) is 7.55. The van der Waals surface area contributed by atoms with Crippen molar-refractivity contribution >= 4 is 28.0 Å². The van der Waals surface area contributed by atoms with Crippen molar-refractivity contribution in [1.29, 1.82) is 0 Å². The summed E-state index contributed by atoms with van der Waals surface area (Å²) in [6.45, 7) is 0. The van der Waals surface area contributed by atoms with E-state index in [1.807, 2.05) is 0 Å². The highest BCUT2D eigenvalue weighted by molar-refractivity contribution is 7.91. The van der Waals surface area contributed by atoms with Crippen molar-refractivity contribution < 1.29 is 22.7 Å². The minimum Gasteiger partial charge on any atom is -0.478 e. The zero-order valence-corrected chi connectivity index (χ0v) is 14.9. The molecule has 3 aromatic rings. The fraction of sp³-hybridized carbons (Fsp3) is 0. The molecule has 0 aliphatic heterocycles. The Morgan fingerprint density at radius 1 is 0.815 bits per heavy atom. The molecule has 3 rings (SSSR count). The van der Waals surface area contributed by atoms with Crippen LogP contribution >= 0.6 is 0 Å². The highest BCUT2D eigenvalue weighted by Crippen LogP contribution is 2.25. The van der Waals surface area contributed by atoms with Crippen LogP contribution in [0.4, 0.5) is 4.39 Å². The Hall–Kier alpha value is -3.25. The van der Waals surface area contributed by atoms with Gasteiger partial charge < -0.3 is 5.11 Å². The van der Waals surface area contributed by atoms with Crippen LogP contribution in [0.1, 0.15) is 21.5 Å². The average Bonchev–Trinajstić information content (AvgIpc) is 2.68. The largest absolute Gasteiger partial charge is 0.478 e. The fourth-order valence-electron chi connectivity index (χ4n) is 2.53. The van der Waals surface area contributed by atoms with Crippen molar-refractivity contribution in [2.24, 2.45) is 0 Å². The van der Waals surface area contributed by atoms with E-state index in [1.54, 1.807) is 36.4 Å². The molecule has 3 aromatic carbocycles. The third kappa shape index (κ3) is 4.12. The number of carboxylic acid groups (broad SMARTS) is 1. The lowest BCUT2D eigenvalue weighted by atomic mass is 10.1. The lowest BCUT2D eigenvalue weighted by molar-refractivity contribution is 0.0692. The van der Waals surface area contributed by atoms with Crippen molar-refractivity contribution in [3.8, 4) is 0 Å². The summed E-state index contributed by atoms with van der Waals surface area (Å²) in [5, 5.41) is 9.22. The fourth-order valence-corrected chi connectivity index (χ4v) is 3.98. The molecule has 27 heavy (non-hydrogen) atoms. The second-order valence-corrected chi connectivity index (χ2v) is 7.68. The summed E-state index contributed by atoms with van der Waals surface area (Å²) in [6.07, 6.45) is 3.55. The Labute approximate surface area is 156 Å². The van der Waals surface area contributed by atoms with Crippen molar-refractivity contribution in [2.45, 2.75) is 9.79 Å². The number of aromatic carboxylic acids is 1. The topological polar surface area (TPSA) is 71.4 Å². The summed E-state index contributed by atoms with van der Waals surface area (Å²) in [6, 6.07) is 17.6. The van der Waals surface area contributed by atoms with Crippen LogP contribution in [0.3, 0.4) is 0 Å². The third-order valence-corrected chi connectivity index (χ3v) is 5.76. The maximum Gasteiger partial charge on any atom is 0.337 e. The van der Waals surface area contributed by atoms with Crippen molar-refractivity contribution in [1.82, 2.24) is 0 Å². The van der Waals surface area contributed by atoms with Gasteiger partial charge in [-0.05, 0) is 47.5 Å². The minimum atomic E-state index is -3.95. The number of rotatable bonds is 5. The van der Waals surface area contributed by atoms with E-state index in [0.29, 0.717) is 0 Å². The number of carboxylic acids is 1. The number of benzene rings is 3. The molecule has 136 valence electrons. The van der Waals surface area contributed by atoms with Gasteiger partial charge in [0.15, 0.2) is 0 Å². The van der Waals surface area contributed by atoms with Gasteiger partial charge in [0.05, 0.1) is 15.4 Å². The summed E-state index contributed by atoms with van der Waals surface area (Å²) in [7, 11) is -3.95. The first-order chi connectivity index (χ1) is 12.9. The molecule has 0 bridgehead atoms. The maximum atomic E-state index is 12.9. The molecule has 0 heterocycles. The molecule has 0 saturated heterocycles.